The number of nitriles is 1. The molecule has 1 aliphatic heterocycles. The molecular weight excluding hydrogens is 288 g/mol. The SMILES string of the molecule is CC[C@H]1OC(/C(C#N)=C/N(C)C)[C@H](OCc2ccccc2)[C@@H]1C. The summed E-state index contributed by atoms with van der Waals surface area (Å²) in [7, 11) is 3.82. The highest BCUT2D eigenvalue weighted by molar-refractivity contribution is 5.28. The monoisotopic (exact) mass is 314 g/mol. The smallest absolute Gasteiger partial charge is 0.121 e. The molecular formula is C19H26N2O2. The second-order valence-electron chi connectivity index (χ2n) is 6.28. The Hall–Kier alpha value is -1.83. The van der Waals surface area contributed by atoms with E-state index in [1.807, 2.05) is 55.5 Å². The molecule has 1 heterocycles. The average molecular weight is 314 g/mol. The highest BCUT2D eigenvalue weighted by Crippen LogP contribution is 2.35. The molecule has 0 saturated carbocycles. The summed E-state index contributed by atoms with van der Waals surface area (Å²) in [5, 5.41) is 9.50. The molecule has 0 radical (unpaired) electrons. The Labute approximate surface area is 139 Å². The predicted molar refractivity (Wildman–Crippen MR) is 90.5 cm³/mol. The van der Waals surface area contributed by atoms with E-state index in [9.17, 15) is 5.26 Å². The molecule has 2 rings (SSSR count). The van der Waals surface area contributed by atoms with Crippen molar-refractivity contribution in [3.05, 3.63) is 47.7 Å². The highest BCUT2D eigenvalue weighted by Gasteiger charge is 2.43. The van der Waals surface area contributed by atoms with Gasteiger partial charge >= 0.3 is 0 Å². The van der Waals surface area contributed by atoms with Crippen LogP contribution in [0.1, 0.15) is 25.8 Å². The van der Waals surface area contributed by atoms with Crippen molar-refractivity contribution in [2.24, 2.45) is 5.92 Å². The third-order valence-electron chi connectivity index (χ3n) is 4.24. The van der Waals surface area contributed by atoms with Crippen LogP contribution in [0.4, 0.5) is 0 Å². The maximum absolute atomic E-state index is 9.50. The van der Waals surface area contributed by atoms with Gasteiger partial charge in [0.25, 0.3) is 0 Å². The van der Waals surface area contributed by atoms with Gasteiger partial charge in [0.1, 0.15) is 6.10 Å². The van der Waals surface area contributed by atoms with Gasteiger partial charge in [-0.2, -0.15) is 5.26 Å². The zero-order valence-electron chi connectivity index (χ0n) is 14.4. The van der Waals surface area contributed by atoms with Gasteiger partial charge in [0, 0.05) is 26.2 Å². The number of ether oxygens (including phenoxy) is 2. The van der Waals surface area contributed by atoms with E-state index in [2.05, 4.69) is 19.9 Å². The molecule has 4 nitrogen and oxygen atoms in total. The van der Waals surface area contributed by atoms with E-state index in [0.717, 1.165) is 12.0 Å². The van der Waals surface area contributed by atoms with Crippen molar-refractivity contribution in [3.63, 3.8) is 0 Å². The first-order valence-corrected chi connectivity index (χ1v) is 8.16. The van der Waals surface area contributed by atoms with Crippen molar-refractivity contribution in [2.45, 2.75) is 45.2 Å². The lowest BCUT2D eigenvalue weighted by molar-refractivity contribution is -0.0145. The summed E-state index contributed by atoms with van der Waals surface area (Å²) in [5.41, 5.74) is 1.75. The first-order valence-electron chi connectivity index (χ1n) is 8.16. The lowest BCUT2D eigenvalue weighted by atomic mass is 9.94. The van der Waals surface area contributed by atoms with Crippen molar-refractivity contribution in [2.75, 3.05) is 14.1 Å². The van der Waals surface area contributed by atoms with Gasteiger partial charge in [-0.25, -0.2) is 0 Å². The van der Waals surface area contributed by atoms with Crippen LogP contribution in [0.15, 0.2) is 42.1 Å². The highest BCUT2D eigenvalue weighted by atomic mass is 16.6. The predicted octanol–water partition coefficient (Wildman–Crippen LogP) is 3.35. The molecule has 23 heavy (non-hydrogen) atoms. The summed E-state index contributed by atoms with van der Waals surface area (Å²) in [6.45, 7) is 4.79. The minimum absolute atomic E-state index is 0.106. The van der Waals surface area contributed by atoms with Crippen LogP contribution in [-0.4, -0.2) is 37.3 Å². The van der Waals surface area contributed by atoms with Gasteiger partial charge in [0.05, 0.1) is 30.5 Å². The molecule has 4 heteroatoms. The summed E-state index contributed by atoms with van der Waals surface area (Å²) < 4.78 is 12.3. The third-order valence-corrected chi connectivity index (χ3v) is 4.24. The summed E-state index contributed by atoms with van der Waals surface area (Å²) in [6, 6.07) is 12.4. The van der Waals surface area contributed by atoms with Gasteiger partial charge in [0.15, 0.2) is 0 Å². The Bertz CT molecular complexity index is 562. The van der Waals surface area contributed by atoms with E-state index in [4.69, 9.17) is 9.47 Å². The topological polar surface area (TPSA) is 45.5 Å². The fourth-order valence-corrected chi connectivity index (χ4v) is 3.05. The Balaban J connectivity index is 2.16. The van der Waals surface area contributed by atoms with Crippen molar-refractivity contribution >= 4 is 0 Å². The second-order valence-corrected chi connectivity index (χ2v) is 6.28. The molecule has 0 N–H and O–H groups in total. The van der Waals surface area contributed by atoms with E-state index in [0.29, 0.717) is 12.2 Å². The van der Waals surface area contributed by atoms with Gasteiger partial charge in [-0.3, -0.25) is 0 Å². The fourth-order valence-electron chi connectivity index (χ4n) is 3.05. The number of hydrogen-bond acceptors (Lipinski definition) is 4. The molecule has 1 saturated heterocycles. The molecule has 0 bridgehead atoms. The minimum atomic E-state index is -0.300. The van der Waals surface area contributed by atoms with E-state index in [-0.39, 0.29) is 24.2 Å². The molecule has 1 aromatic carbocycles. The lowest BCUT2D eigenvalue weighted by Crippen LogP contribution is -2.31. The van der Waals surface area contributed by atoms with Gasteiger partial charge in [-0.15, -0.1) is 0 Å². The van der Waals surface area contributed by atoms with Crippen molar-refractivity contribution in [1.82, 2.24) is 4.90 Å². The molecule has 0 aliphatic carbocycles. The maximum Gasteiger partial charge on any atom is 0.121 e. The van der Waals surface area contributed by atoms with Gasteiger partial charge in [-0.05, 0) is 12.0 Å². The van der Waals surface area contributed by atoms with E-state index in [1.165, 1.54) is 0 Å². The number of nitrogens with zero attached hydrogens (tertiary/aromatic N) is 2. The van der Waals surface area contributed by atoms with Crippen LogP contribution in [-0.2, 0) is 16.1 Å². The van der Waals surface area contributed by atoms with E-state index >= 15 is 0 Å². The zero-order chi connectivity index (χ0) is 16.8. The van der Waals surface area contributed by atoms with Crippen LogP contribution < -0.4 is 0 Å². The Kier molecular flexibility index (Phi) is 6.20. The Morgan fingerprint density at radius 2 is 2.04 bits per heavy atom. The summed E-state index contributed by atoms with van der Waals surface area (Å²) >= 11 is 0. The average Bonchev–Trinajstić information content (AvgIpc) is 2.87. The Morgan fingerprint density at radius 3 is 2.61 bits per heavy atom. The summed E-state index contributed by atoms with van der Waals surface area (Å²) in [6.07, 6.45) is 2.47. The summed E-state index contributed by atoms with van der Waals surface area (Å²) in [5.74, 6) is 0.257. The van der Waals surface area contributed by atoms with Crippen molar-refractivity contribution in [1.29, 1.82) is 5.26 Å². The molecule has 0 spiro atoms. The van der Waals surface area contributed by atoms with Crippen molar-refractivity contribution in [3.8, 4) is 6.07 Å². The normalized spacial score (nSPS) is 27.7. The van der Waals surface area contributed by atoms with Crippen molar-refractivity contribution < 1.29 is 9.47 Å². The third kappa shape index (κ3) is 4.34. The molecule has 0 aromatic heterocycles. The number of rotatable bonds is 6. The first-order chi connectivity index (χ1) is 11.1. The zero-order valence-corrected chi connectivity index (χ0v) is 14.4. The van der Waals surface area contributed by atoms with Gasteiger partial charge in [-0.1, -0.05) is 44.2 Å². The van der Waals surface area contributed by atoms with Gasteiger partial charge < -0.3 is 14.4 Å². The fraction of sp³-hybridized carbons (Fsp3) is 0.526. The molecule has 0 amide bonds. The van der Waals surface area contributed by atoms with Crippen LogP contribution in [0.2, 0.25) is 0 Å². The van der Waals surface area contributed by atoms with Gasteiger partial charge in [0.2, 0.25) is 0 Å². The minimum Gasteiger partial charge on any atom is -0.383 e. The Morgan fingerprint density at radius 1 is 1.35 bits per heavy atom. The van der Waals surface area contributed by atoms with Crippen LogP contribution >= 0.6 is 0 Å². The van der Waals surface area contributed by atoms with Crippen LogP contribution in [0.5, 0.6) is 0 Å². The quantitative estimate of drug-likeness (QED) is 0.755. The lowest BCUT2D eigenvalue weighted by Gasteiger charge is -2.22. The number of benzene rings is 1. The first kappa shape index (κ1) is 17.5. The van der Waals surface area contributed by atoms with E-state index in [1.54, 1.807) is 0 Å². The molecule has 1 aliphatic rings. The number of hydrogen-bond donors (Lipinski definition) is 0. The molecule has 1 fully saturated rings. The second kappa shape index (κ2) is 8.14. The standard InChI is InChI=1S/C19H26N2O2/c1-5-17-14(2)18(22-13-15-9-7-6-8-10-15)19(23-17)16(11-20)12-21(3)4/h6-10,12,14,17-19H,5,13H2,1-4H3/b16-12+/t14-,17-,18-,19?/m1/s1. The summed E-state index contributed by atoms with van der Waals surface area (Å²) in [4.78, 5) is 1.88. The molecule has 1 aromatic rings. The molecule has 124 valence electrons. The molecule has 4 atom stereocenters. The largest absolute Gasteiger partial charge is 0.383 e. The maximum atomic E-state index is 9.50. The van der Waals surface area contributed by atoms with Crippen LogP contribution in [0.25, 0.3) is 0 Å². The van der Waals surface area contributed by atoms with Crippen LogP contribution in [0, 0.1) is 17.2 Å². The van der Waals surface area contributed by atoms with Crippen LogP contribution in [0.3, 0.4) is 0 Å². The molecule has 1 unspecified atom stereocenters. The van der Waals surface area contributed by atoms with E-state index < -0.39 is 0 Å².